The third-order valence-corrected chi connectivity index (χ3v) is 5.54. The van der Waals surface area contributed by atoms with Gasteiger partial charge in [0.2, 0.25) is 10.0 Å². The van der Waals surface area contributed by atoms with Gasteiger partial charge in [0.05, 0.1) is 18.5 Å². The van der Waals surface area contributed by atoms with E-state index in [0.29, 0.717) is 24.1 Å². The first-order valence-corrected chi connectivity index (χ1v) is 9.31. The first-order valence-electron chi connectivity index (χ1n) is 7.66. The molecule has 0 spiro atoms. The number of ether oxygens (including phenoxy) is 2. The first kappa shape index (κ1) is 16.8. The van der Waals surface area contributed by atoms with Gasteiger partial charge in [0.1, 0.15) is 17.5 Å². The number of sulfonamides is 1. The Kier molecular flexibility index (Phi) is 4.76. The summed E-state index contributed by atoms with van der Waals surface area (Å²) in [7, 11) is -2.17. The zero-order chi connectivity index (χ0) is 17.2. The standard InChI is InChI=1S/C16H19N3O4S/c1-22-15(11-6-7-23-9-11)10-24(20,21)19-16-13(8-17)12-4-2-3-5-14(12)18-16/h2-5,11,15,18-19H,6-7,9-10H2,1H3. The largest absolute Gasteiger partial charge is 0.381 e. The summed E-state index contributed by atoms with van der Waals surface area (Å²) in [5.41, 5.74) is 0.992. The minimum atomic E-state index is -3.68. The molecule has 128 valence electrons. The number of methoxy groups -OCH3 is 1. The second-order valence-corrected chi connectivity index (χ2v) is 7.58. The summed E-state index contributed by atoms with van der Waals surface area (Å²) in [5.74, 6) is 0.0681. The molecule has 1 aromatic heterocycles. The van der Waals surface area contributed by atoms with Crippen LogP contribution in [0.1, 0.15) is 12.0 Å². The lowest BCUT2D eigenvalue weighted by Gasteiger charge is -2.20. The van der Waals surface area contributed by atoms with Gasteiger partial charge in [0.15, 0.2) is 0 Å². The van der Waals surface area contributed by atoms with Gasteiger partial charge >= 0.3 is 0 Å². The molecule has 0 aliphatic carbocycles. The number of para-hydroxylation sites is 1. The van der Waals surface area contributed by atoms with E-state index in [2.05, 4.69) is 15.8 Å². The highest BCUT2D eigenvalue weighted by Crippen LogP contribution is 2.27. The van der Waals surface area contributed by atoms with Crippen LogP contribution in [0.2, 0.25) is 0 Å². The molecule has 0 radical (unpaired) electrons. The molecule has 2 N–H and O–H groups in total. The Labute approximate surface area is 140 Å². The molecule has 2 atom stereocenters. The number of H-pyrrole nitrogens is 1. The maximum atomic E-state index is 12.5. The van der Waals surface area contributed by atoms with Gasteiger partial charge in [-0.05, 0) is 12.5 Å². The monoisotopic (exact) mass is 349 g/mol. The van der Waals surface area contributed by atoms with Gasteiger partial charge in [-0.15, -0.1) is 0 Å². The lowest BCUT2D eigenvalue weighted by Crippen LogP contribution is -2.34. The van der Waals surface area contributed by atoms with Crippen LogP contribution < -0.4 is 4.72 Å². The molecule has 1 aliphatic heterocycles. The van der Waals surface area contributed by atoms with E-state index < -0.39 is 16.1 Å². The van der Waals surface area contributed by atoms with Crippen LogP contribution >= 0.6 is 0 Å². The number of rotatable bonds is 6. The van der Waals surface area contributed by atoms with Gasteiger partial charge in [-0.3, -0.25) is 4.72 Å². The lowest BCUT2D eigenvalue weighted by molar-refractivity contribution is 0.0612. The number of fused-ring (bicyclic) bond motifs is 1. The molecule has 1 aliphatic rings. The maximum absolute atomic E-state index is 12.5. The molecular formula is C16H19N3O4S. The number of anilines is 1. The van der Waals surface area contributed by atoms with Crippen molar-refractivity contribution < 1.29 is 17.9 Å². The van der Waals surface area contributed by atoms with Crippen LogP contribution in [0.5, 0.6) is 0 Å². The highest BCUT2D eigenvalue weighted by atomic mass is 32.2. The number of aromatic amines is 1. The Morgan fingerprint density at radius 1 is 1.50 bits per heavy atom. The van der Waals surface area contributed by atoms with Crippen molar-refractivity contribution in [2.24, 2.45) is 5.92 Å². The summed E-state index contributed by atoms with van der Waals surface area (Å²) >= 11 is 0. The molecule has 2 heterocycles. The zero-order valence-electron chi connectivity index (χ0n) is 13.3. The van der Waals surface area contributed by atoms with Crippen molar-refractivity contribution in [3.05, 3.63) is 29.8 Å². The van der Waals surface area contributed by atoms with E-state index in [1.165, 1.54) is 7.11 Å². The summed E-state index contributed by atoms with van der Waals surface area (Å²) in [5, 5.41) is 10.0. The smallest absolute Gasteiger partial charge is 0.236 e. The average Bonchev–Trinajstić information content (AvgIpc) is 3.19. The number of nitrogens with zero attached hydrogens (tertiary/aromatic N) is 1. The Morgan fingerprint density at radius 2 is 2.29 bits per heavy atom. The van der Waals surface area contributed by atoms with E-state index in [4.69, 9.17) is 9.47 Å². The zero-order valence-corrected chi connectivity index (χ0v) is 14.1. The molecule has 1 aromatic carbocycles. The second kappa shape index (κ2) is 6.81. The molecule has 7 nitrogen and oxygen atoms in total. The normalized spacial score (nSPS) is 19.2. The molecule has 2 aromatic rings. The van der Waals surface area contributed by atoms with Crippen molar-refractivity contribution in [1.29, 1.82) is 5.26 Å². The summed E-state index contributed by atoms with van der Waals surface area (Å²) in [6.45, 7) is 1.13. The van der Waals surface area contributed by atoms with Gasteiger partial charge in [-0.2, -0.15) is 5.26 Å². The van der Waals surface area contributed by atoms with Crippen LogP contribution in [-0.2, 0) is 19.5 Å². The van der Waals surface area contributed by atoms with Gasteiger partial charge in [0, 0.05) is 30.5 Å². The van der Waals surface area contributed by atoms with E-state index in [1.54, 1.807) is 18.2 Å². The van der Waals surface area contributed by atoms with Crippen molar-refractivity contribution in [2.45, 2.75) is 12.5 Å². The van der Waals surface area contributed by atoms with Gasteiger partial charge < -0.3 is 14.5 Å². The van der Waals surface area contributed by atoms with Crippen molar-refractivity contribution >= 4 is 26.7 Å². The molecule has 3 rings (SSSR count). The SMILES string of the molecule is COC(CS(=O)(=O)Nc1[nH]c2ccccc2c1C#N)C1CCOC1. The third-order valence-electron chi connectivity index (χ3n) is 4.25. The number of aromatic nitrogens is 1. The molecule has 24 heavy (non-hydrogen) atoms. The Hall–Kier alpha value is -2.08. The highest BCUT2D eigenvalue weighted by molar-refractivity contribution is 7.92. The fourth-order valence-corrected chi connectivity index (χ4v) is 4.38. The fraction of sp³-hybridized carbons (Fsp3) is 0.438. The predicted molar refractivity (Wildman–Crippen MR) is 90.1 cm³/mol. The highest BCUT2D eigenvalue weighted by Gasteiger charge is 2.30. The second-order valence-electron chi connectivity index (χ2n) is 5.81. The van der Waals surface area contributed by atoms with E-state index in [-0.39, 0.29) is 23.1 Å². The van der Waals surface area contributed by atoms with Crippen molar-refractivity contribution in [1.82, 2.24) is 4.98 Å². The topological polar surface area (TPSA) is 104 Å². The summed E-state index contributed by atoms with van der Waals surface area (Å²) in [6, 6.07) is 9.24. The number of benzene rings is 1. The van der Waals surface area contributed by atoms with Gasteiger partial charge in [0.25, 0.3) is 0 Å². The van der Waals surface area contributed by atoms with E-state index in [0.717, 1.165) is 6.42 Å². The molecule has 8 heteroatoms. The van der Waals surface area contributed by atoms with Crippen molar-refractivity contribution in [3.8, 4) is 6.07 Å². The fourth-order valence-electron chi connectivity index (χ4n) is 2.99. The first-order chi connectivity index (χ1) is 11.5. The van der Waals surface area contributed by atoms with Gasteiger partial charge in [-0.25, -0.2) is 8.42 Å². The Balaban J connectivity index is 1.83. The maximum Gasteiger partial charge on any atom is 0.236 e. The van der Waals surface area contributed by atoms with Crippen LogP contribution in [0.15, 0.2) is 24.3 Å². The lowest BCUT2D eigenvalue weighted by atomic mass is 10.0. The molecular weight excluding hydrogens is 330 g/mol. The third kappa shape index (κ3) is 3.38. The van der Waals surface area contributed by atoms with E-state index in [9.17, 15) is 13.7 Å². The predicted octanol–water partition coefficient (Wildman–Crippen LogP) is 1.83. The average molecular weight is 349 g/mol. The van der Waals surface area contributed by atoms with Crippen LogP contribution in [0.3, 0.4) is 0 Å². The molecule has 0 bridgehead atoms. The summed E-state index contributed by atoms with van der Waals surface area (Å²) < 4.78 is 38.2. The molecule has 0 saturated carbocycles. The molecule has 2 unspecified atom stereocenters. The molecule has 0 amide bonds. The number of nitriles is 1. The van der Waals surface area contributed by atoms with Gasteiger partial charge in [-0.1, -0.05) is 18.2 Å². The number of hydrogen-bond acceptors (Lipinski definition) is 5. The Morgan fingerprint density at radius 3 is 2.96 bits per heavy atom. The summed E-state index contributed by atoms with van der Waals surface area (Å²) in [4.78, 5) is 2.95. The minimum absolute atomic E-state index is 0.0599. The number of hydrogen-bond donors (Lipinski definition) is 2. The molecule has 1 saturated heterocycles. The molecule has 1 fully saturated rings. The quantitative estimate of drug-likeness (QED) is 0.828. The van der Waals surface area contributed by atoms with Crippen LogP contribution in [-0.4, -0.2) is 45.6 Å². The van der Waals surface area contributed by atoms with Crippen LogP contribution in [0.4, 0.5) is 5.82 Å². The minimum Gasteiger partial charge on any atom is -0.381 e. The van der Waals surface area contributed by atoms with Crippen molar-refractivity contribution in [3.63, 3.8) is 0 Å². The Bertz CT molecular complexity index is 863. The van der Waals surface area contributed by atoms with Crippen LogP contribution in [0.25, 0.3) is 10.9 Å². The van der Waals surface area contributed by atoms with Crippen molar-refractivity contribution in [2.75, 3.05) is 30.8 Å². The van der Waals surface area contributed by atoms with E-state index >= 15 is 0 Å². The van der Waals surface area contributed by atoms with E-state index in [1.807, 2.05) is 6.07 Å². The van der Waals surface area contributed by atoms with Crippen LogP contribution in [0, 0.1) is 17.2 Å². The number of nitrogens with one attached hydrogen (secondary N) is 2. The summed E-state index contributed by atoms with van der Waals surface area (Å²) in [6.07, 6.45) is 0.337.